The molecule has 0 spiro atoms. The van der Waals surface area contributed by atoms with E-state index in [1.54, 1.807) is 4.90 Å². The number of para-hydroxylation sites is 1. The van der Waals surface area contributed by atoms with Crippen molar-refractivity contribution >= 4 is 22.7 Å². The third-order valence-electron chi connectivity index (χ3n) is 5.28. The number of amides is 2. The molecular weight excluding hydrogens is 408 g/mol. The maximum absolute atomic E-state index is 12.7. The molecule has 0 unspecified atom stereocenters. The van der Waals surface area contributed by atoms with Crippen molar-refractivity contribution in [3.63, 3.8) is 0 Å². The van der Waals surface area contributed by atoms with E-state index in [0.29, 0.717) is 19.5 Å². The molecule has 9 heteroatoms. The molecule has 1 aliphatic heterocycles. The number of aromatic amines is 1. The quantitative estimate of drug-likeness (QED) is 0.631. The van der Waals surface area contributed by atoms with E-state index in [2.05, 4.69) is 15.0 Å². The monoisotopic (exact) mass is 429 g/mol. The van der Waals surface area contributed by atoms with Crippen LogP contribution in [0.3, 0.4) is 0 Å². The molecule has 162 valence electrons. The molecule has 0 saturated heterocycles. The van der Waals surface area contributed by atoms with Gasteiger partial charge in [-0.2, -0.15) is 8.78 Å². The Morgan fingerprint density at radius 3 is 2.77 bits per heavy atom. The lowest BCUT2D eigenvalue weighted by atomic mass is 10.0. The van der Waals surface area contributed by atoms with Crippen LogP contribution in [0.4, 0.5) is 8.78 Å². The third-order valence-corrected chi connectivity index (χ3v) is 5.28. The van der Waals surface area contributed by atoms with Gasteiger partial charge in [-0.1, -0.05) is 18.2 Å². The minimum Gasteiger partial charge on any atom is -0.493 e. The van der Waals surface area contributed by atoms with E-state index in [-0.39, 0.29) is 29.5 Å². The summed E-state index contributed by atoms with van der Waals surface area (Å²) in [5, 5.41) is 3.67. The molecule has 2 amide bonds. The number of nitrogens with one attached hydrogen (secondary N) is 2. The number of methoxy groups -OCH3 is 1. The largest absolute Gasteiger partial charge is 0.493 e. The molecule has 31 heavy (non-hydrogen) atoms. The highest BCUT2D eigenvalue weighted by Gasteiger charge is 2.24. The Morgan fingerprint density at radius 2 is 2.00 bits per heavy atom. The van der Waals surface area contributed by atoms with Crippen LogP contribution in [-0.2, 0) is 17.8 Å². The Hall–Kier alpha value is -3.62. The molecule has 1 aromatic heterocycles. The number of benzene rings is 2. The number of hydrogen-bond donors (Lipinski definition) is 2. The van der Waals surface area contributed by atoms with Gasteiger partial charge in [0.05, 0.1) is 13.7 Å². The summed E-state index contributed by atoms with van der Waals surface area (Å²) >= 11 is 0. The van der Waals surface area contributed by atoms with Crippen LogP contribution in [0.25, 0.3) is 10.9 Å². The van der Waals surface area contributed by atoms with E-state index >= 15 is 0 Å². The number of carbonyl (C=O) groups is 2. The van der Waals surface area contributed by atoms with Crippen LogP contribution in [0, 0.1) is 0 Å². The van der Waals surface area contributed by atoms with Crippen molar-refractivity contribution in [1.29, 1.82) is 0 Å². The molecule has 0 fully saturated rings. The van der Waals surface area contributed by atoms with Crippen LogP contribution in [0.2, 0.25) is 0 Å². The number of aromatic nitrogens is 1. The molecule has 0 bridgehead atoms. The van der Waals surface area contributed by atoms with Crippen molar-refractivity contribution in [2.75, 3.05) is 20.2 Å². The van der Waals surface area contributed by atoms with Gasteiger partial charge in [-0.3, -0.25) is 9.59 Å². The predicted octanol–water partition coefficient (Wildman–Crippen LogP) is 3.09. The summed E-state index contributed by atoms with van der Waals surface area (Å²) in [6.07, 6.45) is 0.715. The summed E-state index contributed by atoms with van der Waals surface area (Å²) in [5.41, 5.74) is 3.44. The van der Waals surface area contributed by atoms with Gasteiger partial charge in [0.25, 0.3) is 5.91 Å². The van der Waals surface area contributed by atoms with Crippen LogP contribution in [0.1, 0.15) is 21.6 Å². The second kappa shape index (κ2) is 8.63. The van der Waals surface area contributed by atoms with E-state index < -0.39 is 12.5 Å². The van der Waals surface area contributed by atoms with Crippen LogP contribution in [-0.4, -0.2) is 48.5 Å². The first-order valence-corrected chi connectivity index (χ1v) is 9.73. The molecule has 1 aliphatic rings. The predicted molar refractivity (Wildman–Crippen MR) is 109 cm³/mol. The first kappa shape index (κ1) is 20.6. The van der Waals surface area contributed by atoms with Crippen LogP contribution < -0.4 is 14.8 Å². The molecule has 2 aromatic carbocycles. The number of carbonyl (C=O) groups excluding carboxylic acids is 2. The smallest absolute Gasteiger partial charge is 0.387 e. The Morgan fingerprint density at radius 1 is 1.19 bits per heavy atom. The van der Waals surface area contributed by atoms with E-state index in [4.69, 9.17) is 4.74 Å². The number of alkyl halides is 2. The van der Waals surface area contributed by atoms with Gasteiger partial charge in [0.15, 0.2) is 11.5 Å². The minimum absolute atomic E-state index is 0.00201. The fraction of sp³-hybridized carbons (Fsp3) is 0.273. The molecular formula is C22H21F2N3O4. The van der Waals surface area contributed by atoms with E-state index in [1.807, 2.05) is 24.3 Å². The van der Waals surface area contributed by atoms with Gasteiger partial charge in [0, 0.05) is 47.2 Å². The van der Waals surface area contributed by atoms with Gasteiger partial charge in [-0.15, -0.1) is 0 Å². The highest BCUT2D eigenvalue weighted by molar-refractivity contribution is 5.97. The standard InChI is InChI=1S/C22H21F2N3O4/c1-30-19-10-13(6-7-18(19)31-22(23)24)21(29)25-11-20(28)27-9-8-17-15(12-27)14-4-2-3-5-16(14)26-17/h2-7,10,22,26H,8-9,11-12H2,1H3,(H,25,29). The molecule has 0 radical (unpaired) electrons. The molecule has 0 saturated carbocycles. The molecule has 0 atom stereocenters. The Balaban J connectivity index is 1.39. The normalized spacial score (nSPS) is 13.2. The number of ether oxygens (including phenoxy) is 2. The molecule has 0 aliphatic carbocycles. The Labute approximate surface area is 176 Å². The molecule has 4 rings (SSSR count). The van der Waals surface area contributed by atoms with Gasteiger partial charge in [0.1, 0.15) is 0 Å². The number of nitrogens with zero attached hydrogens (tertiary/aromatic N) is 1. The Bertz CT molecular complexity index is 1130. The highest BCUT2D eigenvalue weighted by atomic mass is 19.3. The average molecular weight is 429 g/mol. The van der Waals surface area contributed by atoms with Crippen molar-refractivity contribution in [2.24, 2.45) is 0 Å². The van der Waals surface area contributed by atoms with Crippen molar-refractivity contribution in [2.45, 2.75) is 19.6 Å². The van der Waals surface area contributed by atoms with Crippen molar-refractivity contribution in [1.82, 2.24) is 15.2 Å². The number of hydrogen-bond acceptors (Lipinski definition) is 4. The van der Waals surface area contributed by atoms with Crippen molar-refractivity contribution < 1.29 is 27.8 Å². The molecule has 3 aromatic rings. The zero-order chi connectivity index (χ0) is 22.0. The van der Waals surface area contributed by atoms with Gasteiger partial charge < -0.3 is 24.7 Å². The zero-order valence-corrected chi connectivity index (χ0v) is 16.8. The van der Waals surface area contributed by atoms with Gasteiger partial charge in [-0.05, 0) is 24.3 Å². The van der Waals surface area contributed by atoms with E-state index in [9.17, 15) is 18.4 Å². The molecule has 2 heterocycles. The summed E-state index contributed by atoms with van der Waals surface area (Å²) in [7, 11) is 1.29. The van der Waals surface area contributed by atoms with Crippen molar-refractivity contribution in [3.8, 4) is 11.5 Å². The lowest BCUT2D eigenvalue weighted by molar-refractivity contribution is -0.131. The van der Waals surface area contributed by atoms with Gasteiger partial charge in [-0.25, -0.2) is 0 Å². The summed E-state index contributed by atoms with van der Waals surface area (Å²) < 4.78 is 34.2. The summed E-state index contributed by atoms with van der Waals surface area (Å²) in [5.74, 6) is -0.885. The second-order valence-electron chi connectivity index (χ2n) is 7.12. The summed E-state index contributed by atoms with van der Waals surface area (Å²) in [6, 6.07) is 11.8. The number of rotatable bonds is 6. The number of fused-ring (bicyclic) bond motifs is 3. The first-order valence-electron chi connectivity index (χ1n) is 9.73. The Kier molecular flexibility index (Phi) is 5.75. The highest BCUT2D eigenvalue weighted by Crippen LogP contribution is 2.30. The maximum Gasteiger partial charge on any atom is 0.387 e. The van der Waals surface area contributed by atoms with Crippen LogP contribution in [0.15, 0.2) is 42.5 Å². The average Bonchev–Trinajstić information content (AvgIpc) is 3.15. The van der Waals surface area contributed by atoms with Gasteiger partial charge >= 0.3 is 6.61 Å². The topological polar surface area (TPSA) is 83.7 Å². The fourth-order valence-corrected chi connectivity index (χ4v) is 3.75. The molecule has 7 nitrogen and oxygen atoms in total. The number of H-pyrrole nitrogens is 1. The maximum atomic E-state index is 12.7. The van der Waals surface area contributed by atoms with Crippen molar-refractivity contribution in [3.05, 3.63) is 59.3 Å². The van der Waals surface area contributed by atoms with Gasteiger partial charge in [0.2, 0.25) is 5.91 Å². The second-order valence-corrected chi connectivity index (χ2v) is 7.12. The lowest BCUT2D eigenvalue weighted by Gasteiger charge is -2.27. The zero-order valence-electron chi connectivity index (χ0n) is 16.8. The SMILES string of the molecule is COc1cc(C(=O)NCC(=O)N2CCc3[nH]c4ccccc4c3C2)ccc1OC(F)F. The van der Waals surface area contributed by atoms with E-state index in [0.717, 1.165) is 22.2 Å². The van der Waals surface area contributed by atoms with Crippen LogP contribution in [0.5, 0.6) is 11.5 Å². The number of halogens is 2. The first-order chi connectivity index (χ1) is 15.0. The van der Waals surface area contributed by atoms with Crippen LogP contribution >= 0.6 is 0 Å². The van der Waals surface area contributed by atoms with E-state index in [1.165, 1.54) is 25.3 Å². The molecule has 2 N–H and O–H groups in total. The minimum atomic E-state index is -3.01. The lowest BCUT2D eigenvalue weighted by Crippen LogP contribution is -2.42. The summed E-state index contributed by atoms with van der Waals surface area (Å²) in [4.78, 5) is 30.2. The third kappa shape index (κ3) is 4.30. The fourth-order valence-electron chi connectivity index (χ4n) is 3.75. The summed E-state index contributed by atoms with van der Waals surface area (Å²) in [6.45, 7) is -2.15.